The summed E-state index contributed by atoms with van der Waals surface area (Å²) in [6, 6.07) is 0. The van der Waals surface area contributed by atoms with Gasteiger partial charge in [-0.1, -0.05) is 0 Å². The fourth-order valence-electron chi connectivity index (χ4n) is 0.845. The summed E-state index contributed by atoms with van der Waals surface area (Å²) in [4.78, 5) is 23.7. The third-order valence-electron chi connectivity index (χ3n) is 1.44. The van der Waals surface area contributed by atoms with Crippen molar-refractivity contribution in [3.05, 3.63) is 16.1 Å². The molecule has 0 aliphatic rings. The lowest BCUT2D eigenvalue weighted by Gasteiger charge is -2.05. The van der Waals surface area contributed by atoms with Crippen molar-refractivity contribution in [3.63, 3.8) is 0 Å². The van der Waals surface area contributed by atoms with E-state index >= 15 is 0 Å². The zero-order chi connectivity index (χ0) is 12.3. The molecule has 0 unspecified atom stereocenters. The van der Waals surface area contributed by atoms with Gasteiger partial charge in [0.05, 0.1) is 5.51 Å². The number of carbonyl (C=O) groups excluding carboxylic acids is 1. The van der Waals surface area contributed by atoms with Crippen LogP contribution in [0.4, 0.5) is 13.2 Å². The second-order valence-corrected chi connectivity index (χ2v) is 3.46. The van der Waals surface area contributed by atoms with Gasteiger partial charge in [0.15, 0.2) is 5.69 Å². The molecule has 0 bridgehead atoms. The lowest BCUT2D eigenvalue weighted by atomic mass is 10.3. The molecule has 0 atom stereocenters. The lowest BCUT2D eigenvalue weighted by Crippen LogP contribution is -2.30. The van der Waals surface area contributed by atoms with Crippen molar-refractivity contribution in [2.45, 2.75) is 6.18 Å². The van der Waals surface area contributed by atoms with Crippen LogP contribution in [0.2, 0.25) is 0 Å². The molecular weight excluding hydrogens is 249 g/mol. The predicted octanol–water partition coefficient (Wildman–Crippen LogP) is 0.976. The van der Waals surface area contributed by atoms with E-state index < -0.39 is 35.2 Å². The van der Waals surface area contributed by atoms with E-state index in [2.05, 4.69) is 4.98 Å². The van der Waals surface area contributed by atoms with Crippen molar-refractivity contribution in [1.82, 2.24) is 10.3 Å². The van der Waals surface area contributed by atoms with Gasteiger partial charge < -0.3 is 10.4 Å². The van der Waals surface area contributed by atoms with Gasteiger partial charge in [0.1, 0.15) is 11.4 Å². The smallest absolute Gasteiger partial charge is 0.434 e. The first-order valence-electron chi connectivity index (χ1n) is 3.83. The molecule has 0 aliphatic carbocycles. The van der Waals surface area contributed by atoms with E-state index in [1.54, 1.807) is 0 Å². The molecule has 0 saturated heterocycles. The number of carboxylic acid groups (broad SMARTS) is 1. The standard InChI is InChI=1S/C7H5F3N2O3S/c8-7(9,10)5-4(16-2-12-5)6(15)11-1-3(13)14/h2H,1H2,(H,11,15)(H,13,14). The van der Waals surface area contributed by atoms with Gasteiger partial charge in [-0.15, -0.1) is 11.3 Å². The van der Waals surface area contributed by atoms with Crippen molar-refractivity contribution in [3.8, 4) is 0 Å². The van der Waals surface area contributed by atoms with Crippen LogP contribution in [-0.4, -0.2) is 28.5 Å². The number of halogens is 3. The fourth-order valence-corrected chi connectivity index (χ4v) is 1.57. The number of amides is 1. The number of nitrogens with zero attached hydrogens (tertiary/aromatic N) is 1. The molecule has 0 saturated carbocycles. The molecule has 9 heteroatoms. The topological polar surface area (TPSA) is 79.3 Å². The maximum absolute atomic E-state index is 12.3. The van der Waals surface area contributed by atoms with Gasteiger partial charge in [0.25, 0.3) is 5.91 Å². The number of alkyl halides is 3. The number of hydrogen-bond donors (Lipinski definition) is 2. The van der Waals surface area contributed by atoms with E-state index in [0.717, 1.165) is 5.51 Å². The highest BCUT2D eigenvalue weighted by Gasteiger charge is 2.38. The van der Waals surface area contributed by atoms with Crippen molar-refractivity contribution in [1.29, 1.82) is 0 Å². The molecule has 16 heavy (non-hydrogen) atoms. The molecule has 2 N–H and O–H groups in total. The summed E-state index contributed by atoms with van der Waals surface area (Å²) in [6.45, 7) is -0.742. The Morgan fingerprint density at radius 2 is 2.12 bits per heavy atom. The Morgan fingerprint density at radius 3 is 2.62 bits per heavy atom. The van der Waals surface area contributed by atoms with Gasteiger partial charge in [-0.05, 0) is 0 Å². The number of thiazole rings is 1. The monoisotopic (exact) mass is 254 g/mol. The van der Waals surface area contributed by atoms with Crippen LogP contribution < -0.4 is 5.32 Å². The van der Waals surface area contributed by atoms with E-state index in [1.807, 2.05) is 5.32 Å². The van der Waals surface area contributed by atoms with Gasteiger partial charge in [-0.25, -0.2) is 4.98 Å². The summed E-state index contributed by atoms with van der Waals surface area (Å²) in [5.74, 6) is -2.44. The number of carboxylic acids is 1. The Kier molecular flexibility index (Phi) is 3.48. The summed E-state index contributed by atoms with van der Waals surface area (Å²) < 4.78 is 36.9. The van der Waals surface area contributed by atoms with E-state index in [9.17, 15) is 22.8 Å². The molecule has 0 spiro atoms. The molecule has 0 aromatic carbocycles. The summed E-state index contributed by atoms with van der Waals surface area (Å²) in [7, 11) is 0. The quantitative estimate of drug-likeness (QED) is 0.842. The molecule has 0 aliphatic heterocycles. The van der Waals surface area contributed by atoms with Crippen LogP contribution in [0.1, 0.15) is 15.4 Å². The van der Waals surface area contributed by atoms with Gasteiger partial charge in [-0.2, -0.15) is 13.2 Å². The third kappa shape index (κ3) is 2.92. The minimum atomic E-state index is -4.73. The van der Waals surface area contributed by atoms with Crippen molar-refractivity contribution in [2.24, 2.45) is 0 Å². The molecule has 5 nitrogen and oxygen atoms in total. The van der Waals surface area contributed by atoms with Crippen LogP contribution in [0.15, 0.2) is 5.51 Å². The third-order valence-corrected chi connectivity index (χ3v) is 2.27. The summed E-state index contributed by atoms with van der Waals surface area (Å²) in [5, 5.41) is 10.1. The summed E-state index contributed by atoms with van der Waals surface area (Å²) in [5.41, 5.74) is -0.432. The zero-order valence-corrected chi connectivity index (χ0v) is 8.35. The first-order chi connectivity index (χ1) is 7.32. The first-order valence-corrected chi connectivity index (χ1v) is 4.71. The van der Waals surface area contributed by atoms with Crippen molar-refractivity contribution >= 4 is 23.2 Å². The maximum atomic E-state index is 12.3. The normalized spacial score (nSPS) is 11.2. The van der Waals surface area contributed by atoms with Crippen LogP contribution in [-0.2, 0) is 11.0 Å². The Bertz CT molecular complexity index is 415. The minimum Gasteiger partial charge on any atom is -0.480 e. The number of nitrogens with one attached hydrogen (secondary N) is 1. The highest BCUT2D eigenvalue weighted by molar-refractivity contribution is 7.11. The highest BCUT2D eigenvalue weighted by Crippen LogP contribution is 2.32. The van der Waals surface area contributed by atoms with Gasteiger partial charge in [-0.3, -0.25) is 9.59 Å². The van der Waals surface area contributed by atoms with E-state index in [0.29, 0.717) is 11.3 Å². The summed E-state index contributed by atoms with van der Waals surface area (Å²) >= 11 is 0.500. The van der Waals surface area contributed by atoms with Crippen LogP contribution in [0.3, 0.4) is 0 Å². The molecule has 0 fully saturated rings. The zero-order valence-electron chi connectivity index (χ0n) is 7.54. The van der Waals surface area contributed by atoms with Crippen LogP contribution in [0, 0.1) is 0 Å². The summed E-state index contributed by atoms with van der Waals surface area (Å²) in [6.07, 6.45) is -4.73. The van der Waals surface area contributed by atoms with Gasteiger partial charge in [0, 0.05) is 0 Å². The minimum absolute atomic E-state index is 0.500. The average molecular weight is 254 g/mol. The highest BCUT2D eigenvalue weighted by atomic mass is 32.1. The maximum Gasteiger partial charge on any atom is 0.434 e. The molecule has 1 aromatic rings. The Labute approximate surface area is 90.9 Å². The number of carbonyl (C=O) groups is 2. The van der Waals surface area contributed by atoms with Crippen LogP contribution in [0.25, 0.3) is 0 Å². The van der Waals surface area contributed by atoms with E-state index in [-0.39, 0.29) is 0 Å². The first kappa shape index (κ1) is 12.4. The Balaban J connectivity index is 2.84. The number of hydrogen-bond acceptors (Lipinski definition) is 4. The molecule has 1 aromatic heterocycles. The van der Waals surface area contributed by atoms with Gasteiger partial charge in [0.2, 0.25) is 0 Å². The molecule has 88 valence electrons. The predicted molar refractivity (Wildman–Crippen MR) is 47.1 cm³/mol. The van der Waals surface area contributed by atoms with Crippen molar-refractivity contribution < 1.29 is 27.9 Å². The SMILES string of the molecule is O=C(O)CNC(=O)c1scnc1C(F)(F)F. The lowest BCUT2D eigenvalue weighted by molar-refractivity contribution is -0.141. The second kappa shape index (κ2) is 4.47. The molecular formula is C7H5F3N2O3S. The molecule has 1 heterocycles. The van der Waals surface area contributed by atoms with E-state index in [4.69, 9.17) is 5.11 Å². The Morgan fingerprint density at radius 1 is 1.50 bits per heavy atom. The van der Waals surface area contributed by atoms with Crippen LogP contribution >= 0.6 is 11.3 Å². The van der Waals surface area contributed by atoms with Crippen LogP contribution in [0.5, 0.6) is 0 Å². The average Bonchev–Trinajstić information content (AvgIpc) is 2.61. The molecule has 1 amide bonds. The molecule has 1 rings (SSSR count). The number of aromatic nitrogens is 1. The van der Waals surface area contributed by atoms with Crippen molar-refractivity contribution in [2.75, 3.05) is 6.54 Å². The fraction of sp³-hybridized carbons (Fsp3) is 0.286. The number of aliphatic carboxylic acids is 1. The second-order valence-electron chi connectivity index (χ2n) is 2.60. The number of rotatable bonds is 3. The van der Waals surface area contributed by atoms with Gasteiger partial charge >= 0.3 is 12.1 Å². The molecule has 0 radical (unpaired) electrons. The van der Waals surface area contributed by atoms with E-state index in [1.165, 1.54) is 0 Å². The Hall–Kier alpha value is -1.64. The largest absolute Gasteiger partial charge is 0.480 e.